The fraction of sp³-hybridized carbons (Fsp3) is 0.263. The summed E-state index contributed by atoms with van der Waals surface area (Å²) in [4.78, 5) is 20.3. The van der Waals surface area contributed by atoms with Gasteiger partial charge in [0.1, 0.15) is 5.65 Å². The number of benzene rings is 1. The lowest BCUT2D eigenvalue weighted by Gasteiger charge is -2.31. The number of carbonyl (C=O) groups excluding carboxylic acids is 1. The largest absolute Gasteiger partial charge is 0.345 e. The Bertz CT molecular complexity index is 879. The maximum atomic E-state index is 12.9. The molecule has 1 amide bonds. The smallest absolute Gasteiger partial charge is 0.254 e. The fourth-order valence-corrected chi connectivity index (χ4v) is 3.79. The molecular formula is C19H18ClN3O. The molecule has 0 bridgehead atoms. The molecule has 24 heavy (non-hydrogen) atoms. The van der Waals surface area contributed by atoms with Crippen LogP contribution < -0.4 is 5.32 Å². The molecule has 2 aromatic heterocycles. The summed E-state index contributed by atoms with van der Waals surface area (Å²) in [5.74, 6) is -0.0638. The molecule has 3 aromatic rings. The molecule has 0 spiro atoms. The van der Waals surface area contributed by atoms with Gasteiger partial charge in [-0.05, 0) is 42.7 Å². The van der Waals surface area contributed by atoms with Crippen molar-refractivity contribution in [2.75, 3.05) is 0 Å². The standard InChI is InChI=1S/C19H18ClN3O/c20-14-7-5-13(6-8-14)19(9-1-2-10-19)23-18(24)16-12-22-17-15(16)4-3-11-21-17/h3-8,11-12H,1-2,9-10H2,(H,21,22)(H,23,24). The lowest BCUT2D eigenvalue weighted by molar-refractivity contribution is 0.0900. The molecule has 0 saturated heterocycles. The van der Waals surface area contributed by atoms with Gasteiger partial charge in [-0.3, -0.25) is 4.79 Å². The average molecular weight is 340 g/mol. The number of rotatable bonds is 3. The number of H-pyrrole nitrogens is 1. The number of aromatic nitrogens is 2. The summed E-state index contributed by atoms with van der Waals surface area (Å²) in [5.41, 5.74) is 2.18. The highest BCUT2D eigenvalue weighted by molar-refractivity contribution is 6.30. The summed E-state index contributed by atoms with van der Waals surface area (Å²) in [6.07, 6.45) is 7.56. The Balaban J connectivity index is 1.68. The van der Waals surface area contributed by atoms with E-state index in [0.29, 0.717) is 10.6 Å². The molecule has 0 atom stereocenters. The number of carbonyl (C=O) groups is 1. The molecule has 4 rings (SSSR count). The van der Waals surface area contributed by atoms with Crippen LogP contribution in [-0.2, 0) is 5.54 Å². The van der Waals surface area contributed by atoms with E-state index in [0.717, 1.165) is 42.3 Å². The minimum absolute atomic E-state index is 0.0638. The first-order valence-corrected chi connectivity index (χ1v) is 8.56. The minimum atomic E-state index is -0.312. The topological polar surface area (TPSA) is 57.8 Å². The zero-order valence-electron chi connectivity index (χ0n) is 13.2. The molecule has 4 nitrogen and oxygen atoms in total. The summed E-state index contributed by atoms with van der Waals surface area (Å²) in [6.45, 7) is 0. The van der Waals surface area contributed by atoms with Gasteiger partial charge in [0.15, 0.2) is 0 Å². The number of aromatic amines is 1. The molecule has 0 radical (unpaired) electrons. The van der Waals surface area contributed by atoms with Crippen LogP contribution in [0.15, 0.2) is 48.8 Å². The van der Waals surface area contributed by atoms with E-state index in [1.165, 1.54) is 0 Å². The molecule has 2 heterocycles. The first-order chi connectivity index (χ1) is 11.7. The van der Waals surface area contributed by atoms with Crippen LogP contribution in [-0.4, -0.2) is 15.9 Å². The zero-order valence-corrected chi connectivity index (χ0v) is 13.9. The normalized spacial score (nSPS) is 16.4. The number of hydrogen-bond donors (Lipinski definition) is 2. The maximum absolute atomic E-state index is 12.9. The van der Waals surface area contributed by atoms with E-state index in [-0.39, 0.29) is 11.4 Å². The van der Waals surface area contributed by atoms with Gasteiger partial charge in [-0.15, -0.1) is 0 Å². The summed E-state index contributed by atoms with van der Waals surface area (Å²) in [7, 11) is 0. The van der Waals surface area contributed by atoms with Crippen LogP contribution in [0.5, 0.6) is 0 Å². The first kappa shape index (κ1) is 15.2. The lowest BCUT2D eigenvalue weighted by atomic mass is 9.88. The Morgan fingerprint density at radius 3 is 2.67 bits per heavy atom. The van der Waals surface area contributed by atoms with Crippen molar-refractivity contribution in [3.8, 4) is 0 Å². The Kier molecular flexibility index (Phi) is 3.77. The van der Waals surface area contributed by atoms with Gasteiger partial charge in [0.25, 0.3) is 5.91 Å². The van der Waals surface area contributed by atoms with Crippen LogP contribution in [0.1, 0.15) is 41.6 Å². The van der Waals surface area contributed by atoms with E-state index in [1.807, 2.05) is 36.4 Å². The summed E-state index contributed by atoms with van der Waals surface area (Å²) < 4.78 is 0. The highest BCUT2D eigenvalue weighted by Crippen LogP contribution is 2.39. The predicted molar refractivity (Wildman–Crippen MR) is 95.2 cm³/mol. The fourth-order valence-electron chi connectivity index (χ4n) is 3.66. The van der Waals surface area contributed by atoms with Gasteiger partial charge < -0.3 is 10.3 Å². The van der Waals surface area contributed by atoms with Crippen LogP contribution in [0.25, 0.3) is 11.0 Å². The zero-order chi connectivity index (χ0) is 16.6. The van der Waals surface area contributed by atoms with Crippen LogP contribution in [0.4, 0.5) is 0 Å². The molecular weight excluding hydrogens is 322 g/mol. The third-order valence-corrected chi connectivity index (χ3v) is 5.15. The van der Waals surface area contributed by atoms with Crippen molar-refractivity contribution < 1.29 is 4.79 Å². The Morgan fingerprint density at radius 1 is 1.17 bits per heavy atom. The first-order valence-electron chi connectivity index (χ1n) is 8.19. The van der Waals surface area contributed by atoms with Crippen molar-refractivity contribution >= 4 is 28.5 Å². The molecule has 1 aliphatic rings. The van der Waals surface area contributed by atoms with E-state index in [1.54, 1.807) is 12.4 Å². The number of fused-ring (bicyclic) bond motifs is 1. The molecule has 5 heteroatoms. The van der Waals surface area contributed by atoms with E-state index < -0.39 is 0 Å². The van der Waals surface area contributed by atoms with Crippen LogP contribution in [0.3, 0.4) is 0 Å². The molecule has 1 aromatic carbocycles. The van der Waals surface area contributed by atoms with Crippen molar-refractivity contribution in [1.29, 1.82) is 0 Å². The van der Waals surface area contributed by atoms with Gasteiger partial charge in [-0.25, -0.2) is 4.98 Å². The second-order valence-corrected chi connectivity index (χ2v) is 6.79. The SMILES string of the molecule is O=C(NC1(c2ccc(Cl)cc2)CCCC1)c1c[nH]c2ncccc12. The molecule has 1 saturated carbocycles. The summed E-state index contributed by atoms with van der Waals surface area (Å²) >= 11 is 6.02. The van der Waals surface area contributed by atoms with Gasteiger partial charge in [-0.1, -0.05) is 36.6 Å². The summed E-state index contributed by atoms with van der Waals surface area (Å²) in [6, 6.07) is 11.6. The van der Waals surface area contributed by atoms with Gasteiger partial charge in [0, 0.05) is 22.8 Å². The number of amides is 1. The van der Waals surface area contributed by atoms with Gasteiger partial charge in [0.2, 0.25) is 0 Å². The lowest BCUT2D eigenvalue weighted by Crippen LogP contribution is -2.43. The van der Waals surface area contributed by atoms with Crippen molar-refractivity contribution in [1.82, 2.24) is 15.3 Å². The number of nitrogens with zero attached hydrogens (tertiary/aromatic N) is 1. The summed E-state index contributed by atoms with van der Waals surface area (Å²) in [5, 5.41) is 4.85. The van der Waals surface area contributed by atoms with E-state index in [9.17, 15) is 4.79 Å². The van der Waals surface area contributed by atoms with Gasteiger partial charge in [0.05, 0.1) is 11.1 Å². The van der Waals surface area contributed by atoms with Crippen LogP contribution in [0, 0.1) is 0 Å². The van der Waals surface area contributed by atoms with Gasteiger partial charge in [-0.2, -0.15) is 0 Å². The van der Waals surface area contributed by atoms with Crippen LogP contribution in [0.2, 0.25) is 5.02 Å². The molecule has 0 unspecified atom stereocenters. The van der Waals surface area contributed by atoms with Crippen molar-refractivity contribution in [2.45, 2.75) is 31.2 Å². The highest BCUT2D eigenvalue weighted by Gasteiger charge is 2.37. The predicted octanol–water partition coefficient (Wildman–Crippen LogP) is 4.42. The number of pyridine rings is 1. The number of nitrogens with one attached hydrogen (secondary N) is 2. The van der Waals surface area contributed by atoms with E-state index in [4.69, 9.17) is 11.6 Å². The quantitative estimate of drug-likeness (QED) is 0.742. The molecule has 1 aliphatic carbocycles. The maximum Gasteiger partial charge on any atom is 0.254 e. The second kappa shape index (κ2) is 5.95. The molecule has 0 aliphatic heterocycles. The minimum Gasteiger partial charge on any atom is -0.345 e. The molecule has 1 fully saturated rings. The number of halogens is 1. The Hall–Kier alpha value is -2.33. The van der Waals surface area contributed by atoms with Crippen molar-refractivity contribution in [2.24, 2.45) is 0 Å². The van der Waals surface area contributed by atoms with Crippen molar-refractivity contribution in [3.63, 3.8) is 0 Å². The van der Waals surface area contributed by atoms with Gasteiger partial charge >= 0.3 is 0 Å². The van der Waals surface area contributed by atoms with E-state index >= 15 is 0 Å². The third kappa shape index (κ3) is 2.57. The van der Waals surface area contributed by atoms with E-state index in [2.05, 4.69) is 15.3 Å². The Labute approximate surface area is 145 Å². The molecule has 2 N–H and O–H groups in total. The highest BCUT2D eigenvalue weighted by atomic mass is 35.5. The average Bonchev–Trinajstić information content (AvgIpc) is 3.23. The third-order valence-electron chi connectivity index (χ3n) is 4.90. The van der Waals surface area contributed by atoms with Crippen molar-refractivity contribution in [3.05, 3.63) is 64.9 Å². The van der Waals surface area contributed by atoms with Crippen LogP contribution >= 0.6 is 11.6 Å². The number of hydrogen-bond acceptors (Lipinski definition) is 2. The second-order valence-electron chi connectivity index (χ2n) is 6.35. The monoisotopic (exact) mass is 339 g/mol. The molecule has 122 valence electrons. The Morgan fingerprint density at radius 2 is 1.92 bits per heavy atom.